The van der Waals surface area contributed by atoms with Gasteiger partial charge in [-0.3, -0.25) is 9.59 Å². The van der Waals surface area contributed by atoms with Crippen LogP contribution in [0.4, 0.5) is 11.4 Å². The maximum Gasteiger partial charge on any atom is 0.265 e. The number of fused-ring (bicyclic) bond motifs is 1. The topological polar surface area (TPSA) is 105 Å². The summed E-state index contributed by atoms with van der Waals surface area (Å²) in [6.07, 6.45) is 1.14. The van der Waals surface area contributed by atoms with Crippen molar-refractivity contribution in [1.82, 2.24) is 4.31 Å². The number of piperidine rings is 1. The highest BCUT2D eigenvalue weighted by atomic mass is 32.2. The van der Waals surface area contributed by atoms with Crippen molar-refractivity contribution >= 4 is 33.2 Å². The minimum absolute atomic E-state index is 0.0839. The molecular formula is C24H29N3O5S. The number of nitrogens with one attached hydrogen (secondary N) is 2. The van der Waals surface area contributed by atoms with Crippen LogP contribution in [0.1, 0.15) is 37.8 Å². The number of aryl methyl sites for hydroxylation is 2. The Balaban J connectivity index is 1.43. The number of anilines is 2. The summed E-state index contributed by atoms with van der Waals surface area (Å²) >= 11 is 0. The van der Waals surface area contributed by atoms with Gasteiger partial charge in [-0.1, -0.05) is 19.1 Å². The third-order valence-corrected chi connectivity index (χ3v) is 8.32. The van der Waals surface area contributed by atoms with Gasteiger partial charge in [0.15, 0.2) is 6.10 Å². The lowest BCUT2D eigenvalue weighted by atomic mass is 9.97. The van der Waals surface area contributed by atoms with Gasteiger partial charge < -0.3 is 15.4 Å². The molecule has 0 unspecified atom stereocenters. The number of amides is 2. The van der Waals surface area contributed by atoms with Gasteiger partial charge >= 0.3 is 0 Å². The van der Waals surface area contributed by atoms with Gasteiger partial charge in [0, 0.05) is 30.8 Å². The van der Waals surface area contributed by atoms with Crippen molar-refractivity contribution in [1.29, 1.82) is 0 Å². The lowest BCUT2D eigenvalue weighted by Crippen LogP contribution is -2.41. The molecule has 1 fully saturated rings. The molecule has 0 spiro atoms. The van der Waals surface area contributed by atoms with Crippen molar-refractivity contribution in [2.45, 2.75) is 51.0 Å². The number of carbonyl (C=O) groups excluding carboxylic acids is 2. The maximum atomic E-state index is 13.4. The van der Waals surface area contributed by atoms with E-state index in [9.17, 15) is 18.0 Å². The van der Waals surface area contributed by atoms with Crippen molar-refractivity contribution in [3.05, 3.63) is 47.5 Å². The fourth-order valence-corrected chi connectivity index (χ4v) is 5.88. The predicted octanol–water partition coefficient (Wildman–Crippen LogP) is 3.32. The monoisotopic (exact) mass is 471 g/mol. The highest BCUT2D eigenvalue weighted by molar-refractivity contribution is 7.89. The summed E-state index contributed by atoms with van der Waals surface area (Å²) in [5.74, 6) is -0.250. The average Bonchev–Trinajstić information content (AvgIpc) is 2.80. The molecule has 0 bridgehead atoms. The van der Waals surface area contributed by atoms with Gasteiger partial charge in [-0.2, -0.15) is 4.31 Å². The molecule has 8 nitrogen and oxygen atoms in total. The number of hydrogen-bond acceptors (Lipinski definition) is 5. The largest absolute Gasteiger partial charge is 0.479 e. The Kier molecular flexibility index (Phi) is 6.45. The molecule has 2 aliphatic heterocycles. The first kappa shape index (κ1) is 23.3. The van der Waals surface area contributed by atoms with E-state index in [-0.39, 0.29) is 35.7 Å². The molecule has 176 valence electrons. The van der Waals surface area contributed by atoms with Crippen LogP contribution in [0.25, 0.3) is 0 Å². The number of ether oxygens (including phenoxy) is 1. The van der Waals surface area contributed by atoms with Crippen LogP contribution in [0.5, 0.6) is 5.75 Å². The van der Waals surface area contributed by atoms with Gasteiger partial charge in [-0.15, -0.1) is 0 Å². The number of sulfonamides is 1. The fourth-order valence-electron chi connectivity index (χ4n) is 4.19. The molecule has 2 aromatic rings. The second kappa shape index (κ2) is 9.15. The molecule has 0 aromatic heterocycles. The van der Waals surface area contributed by atoms with Gasteiger partial charge in [0.25, 0.3) is 5.91 Å². The second-order valence-electron chi connectivity index (χ2n) is 8.58. The standard InChI is InChI=1S/C24H29N3O5S/c1-4-17-5-7-19(8-6-17)25-24(29)18-9-11-27(12-10-18)33(30,31)22-14-21-20(13-15(22)2)26-23(28)16(3)32-21/h5-8,13-14,16,18H,4,9-12H2,1-3H3,(H,25,29)(H,26,28)/t16-/m0/s1. The molecule has 2 heterocycles. The Bertz CT molecular complexity index is 1170. The average molecular weight is 472 g/mol. The summed E-state index contributed by atoms with van der Waals surface area (Å²) < 4.78 is 33.7. The molecule has 2 amide bonds. The molecule has 0 saturated carbocycles. The quantitative estimate of drug-likeness (QED) is 0.696. The summed E-state index contributed by atoms with van der Waals surface area (Å²) in [5.41, 5.74) is 2.95. The highest BCUT2D eigenvalue weighted by Gasteiger charge is 2.34. The van der Waals surface area contributed by atoms with Crippen LogP contribution in [0.3, 0.4) is 0 Å². The van der Waals surface area contributed by atoms with Gasteiger partial charge in [0.1, 0.15) is 5.75 Å². The van der Waals surface area contributed by atoms with E-state index in [0.29, 0.717) is 29.8 Å². The molecule has 2 N–H and O–H groups in total. The van der Waals surface area contributed by atoms with E-state index >= 15 is 0 Å². The molecule has 9 heteroatoms. The third-order valence-electron chi connectivity index (χ3n) is 6.28. The molecule has 4 rings (SSSR count). The zero-order chi connectivity index (χ0) is 23.8. The van der Waals surface area contributed by atoms with E-state index < -0.39 is 16.1 Å². The van der Waals surface area contributed by atoms with Gasteiger partial charge in [-0.25, -0.2) is 8.42 Å². The number of hydrogen-bond donors (Lipinski definition) is 2. The molecule has 1 saturated heterocycles. The summed E-state index contributed by atoms with van der Waals surface area (Å²) in [7, 11) is -3.76. The number of nitrogens with zero attached hydrogens (tertiary/aromatic N) is 1. The van der Waals surface area contributed by atoms with E-state index in [1.807, 2.05) is 24.3 Å². The number of carbonyl (C=O) groups is 2. The first-order chi connectivity index (χ1) is 15.7. The SMILES string of the molecule is CCc1ccc(NC(=O)C2CCN(S(=O)(=O)c3cc4c(cc3C)NC(=O)[C@H](C)O4)CC2)cc1. The Morgan fingerprint density at radius 2 is 1.85 bits per heavy atom. The van der Waals surface area contributed by atoms with Gasteiger partial charge in [0.05, 0.1) is 10.6 Å². The zero-order valence-electron chi connectivity index (χ0n) is 19.1. The van der Waals surface area contributed by atoms with Crippen molar-refractivity contribution < 1.29 is 22.7 Å². The first-order valence-electron chi connectivity index (χ1n) is 11.2. The Hall–Kier alpha value is -2.91. The highest BCUT2D eigenvalue weighted by Crippen LogP contribution is 2.36. The molecule has 0 aliphatic carbocycles. The summed E-state index contributed by atoms with van der Waals surface area (Å²) in [5, 5.41) is 5.68. The predicted molar refractivity (Wildman–Crippen MR) is 126 cm³/mol. The summed E-state index contributed by atoms with van der Waals surface area (Å²) in [4.78, 5) is 24.7. The maximum absolute atomic E-state index is 13.4. The molecular weight excluding hydrogens is 442 g/mol. The van der Waals surface area contributed by atoms with Crippen molar-refractivity contribution in [2.75, 3.05) is 23.7 Å². The van der Waals surface area contributed by atoms with Crippen LogP contribution in [0.15, 0.2) is 41.3 Å². The Labute approximate surface area is 194 Å². The molecule has 33 heavy (non-hydrogen) atoms. The fraction of sp³-hybridized carbons (Fsp3) is 0.417. The first-order valence-corrected chi connectivity index (χ1v) is 12.6. The van der Waals surface area contributed by atoms with Crippen LogP contribution in [0, 0.1) is 12.8 Å². The minimum Gasteiger partial charge on any atom is -0.479 e. The lowest BCUT2D eigenvalue weighted by molar-refractivity contribution is -0.123. The van der Waals surface area contributed by atoms with E-state index in [0.717, 1.165) is 12.1 Å². The van der Waals surface area contributed by atoms with E-state index in [1.54, 1.807) is 19.9 Å². The van der Waals surface area contributed by atoms with Crippen LogP contribution in [-0.4, -0.2) is 43.7 Å². The smallest absolute Gasteiger partial charge is 0.265 e. The Morgan fingerprint density at radius 3 is 2.48 bits per heavy atom. The van der Waals surface area contributed by atoms with Crippen molar-refractivity contribution in [3.63, 3.8) is 0 Å². The number of benzene rings is 2. The van der Waals surface area contributed by atoms with Crippen LogP contribution < -0.4 is 15.4 Å². The Morgan fingerprint density at radius 1 is 1.18 bits per heavy atom. The summed E-state index contributed by atoms with van der Waals surface area (Å²) in [6, 6.07) is 10.9. The van der Waals surface area contributed by atoms with Gasteiger partial charge in [-0.05, 0) is 62.4 Å². The lowest BCUT2D eigenvalue weighted by Gasteiger charge is -2.31. The normalized spacial score (nSPS) is 19.4. The van der Waals surface area contributed by atoms with E-state index in [4.69, 9.17) is 4.74 Å². The van der Waals surface area contributed by atoms with Gasteiger partial charge in [0.2, 0.25) is 15.9 Å². The molecule has 2 aromatic carbocycles. The van der Waals surface area contributed by atoms with Crippen LogP contribution >= 0.6 is 0 Å². The van der Waals surface area contributed by atoms with Crippen LogP contribution in [0.2, 0.25) is 0 Å². The van der Waals surface area contributed by atoms with E-state index in [2.05, 4.69) is 17.6 Å². The third kappa shape index (κ3) is 4.74. The summed E-state index contributed by atoms with van der Waals surface area (Å²) in [6.45, 7) is 5.91. The molecule has 1 atom stereocenters. The minimum atomic E-state index is -3.76. The molecule has 2 aliphatic rings. The second-order valence-corrected chi connectivity index (χ2v) is 10.5. The van der Waals surface area contributed by atoms with E-state index in [1.165, 1.54) is 15.9 Å². The van der Waals surface area contributed by atoms with Crippen molar-refractivity contribution in [3.8, 4) is 5.75 Å². The number of rotatable bonds is 5. The zero-order valence-corrected chi connectivity index (χ0v) is 19.9. The van der Waals surface area contributed by atoms with Crippen LogP contribution in [-0.2, 0) is 26.0 Å². The van der Waals surface area contributed by atoms with Crippen molar-refractivity contribution in [2.24, 2.45) is 5.92 Å². The molecule has 0 radical (unpaired) electrons.